The highest BCUT2D eigenvalue weighted by Crippen LogP contribution is 2.29. The summed E-state index contributed by atoms with van der Waals surface area (Å²) in [5, 5.41) is 24.9. The van der Waals surface area contributed by atoms with Crippen LogP contribution in [-0.2, 0) is 4.79 Å². The van der Waals surface area contributed by atoms with E-state index in [4.69, 9.17) is 23.2 Å². The highest BCUT2D eigenvalue weighted by atomic mass is 35.5. The number of rotatable bonds is 8. The van der Waals surface area contributed by atoms with Crippen molar-refractivity contribution in [3.63, 3.8) is 0 Å². The van der Waals surface area contributed by atoms with E-state index in [9.17, 15) is 14.9 Å². The normalized spacial score (nSPS) is 11.0. The Morgan fingerprint density at radius 1 is 1.00 bits per heavy atom. The molecule has 1 amide bonds. The third kappa shape index (κ3) is 6.24. The number of aromatic nitrogens is 3. The molecule has 0 radical (unpaired) electrons. The van der Waals surface area contributed by atoms with Crippen LogP contribution in [0, 0.1) is 10.1 Å². The zero-order valence-electron chi connectivity index (χ0n) is 17.8. The monoisotopic (exact) mass is 526 g/mol. The standard InChI is InChI=1S/C23H16Cl2N6O3S/c24-17-5-3-16(4-6-17)22-28-29-23(30(22)19-11-7-18(25)8-12-19)35-14-21(32)27-26-13-15-1-9-20(10-2-15)31(33)34/h1-13H,14H2,(H,27,32)/b26-13+. The number of nitro groups is 1. The molecule has 176 valence electrons. The minimum absolute atomic E-state index is 0.0228. The Labute approximate surface area is 213 Å². The molecule has 0 bridgehead atoms. The lowest BCUT2D eigenvalue weighted by molar-refractivity contribution is -0.384. The van der Waals surface area contributed by atoms with Crippen molar-refractivity contribution in [2.24, 2.45) is 5.10 Å². The Balaban J connectivity index is 1.47. The second-order valence-electron chi connectivity index (χ2n) is 7.06. The highest BCUT2D eigenvalue weighted by Gasteiger charge is 2.17. The van der Waals surface area contributed by atoms with Gasteiger partial charge in [0.2, 0.25) is 0 Å². The summed E-state index contributed by atoms with van der Waals surface area (Å²) >= 11 is 13.3. The number of carbonyl (C=O) groups excluding carboxylic acids is 1. The molecule has 3 aromatic carbocycles. The molecule has 0 aliphatic heterocycles. The van der Waals surface area contributed by atoms with Gasteiger partial charge >= 0.3 is 0 Å². The molecule has 0 fully saturated rings. The van der Waals surface area contributed by atoms with E-state index in [2.05, 4.69) is 20.7 Å². The maximum atomic E-state index is 12.3. The molecular formula is C23H16Cl2N6O3S. The molecule has 1 N–H and O–H groups in total. The van der Waals surface area contributed by atoms with E-state index in [0.717, 1.165) is 11.3 Å². The molecule has 0 saturated carbocycles. The lowest BCUT2D eigenvalue weighted by Gasteiger charge is -2.10. The molecular weight excluding hydrogens is 511 g/mol. The fourth-order valence-electron chi connectivity index (χ4n) is 3.00. The summed E-state index contributed by atoms with van der Waals surface area (Å²) in [6.07, 6.45) is 1.40. The first-order valence-corrected chi connectivity index (χ1v) is 11.8. The van der Waals surface area contributed by atoms with Crippen LogP contribution in [0.1, 0.15) is 5.56 Å². The summed E-state index contributed by atoms with van der Waals surface area (Å²) in [4.78, 5) is 22.6. The van der Waals surface area contributed by atoms with Gasteiger partial charge in [-0.15, -0.1) is 10.2 Å². The van der Waals surface area contributed by atoms with Gasteiger partial charge in [0.15, 0.2) is 11.0 Å². The Morgan fingerprint density at radius 2 is 1.63 bits per heavy atom. The first-order valence-electron chi connectivity index (χ1n) is 10.1. The van der Waals surface area contributed by atoms with Gasteiger partial charge in [-0.05, 0) is 66.2 Å². The molecule has 0 saturated heterocycles. The highest BCUT2D eigenvalue weighted by molar-refractivity contribution is 7.99. The van der Waals surface area contributed by atoms with E-state index in [0.29, 0.717) is 26.6 Å². The van der Waals surface area contributed by atoms with Gasteiger partial charge in [-0.2, -0.15) is 5.10 Å². The molecule has 1 heterocycles. The van der Waals surface area contributed by atoms with Crippen LogP contribution < -0.4 is 5.43 Å². The molecule has 12 heteroatoms. The second-order valence-corrected chi connectivity index (χ2v) is 8.87. The van der Waals surface area contributed by atoms with Crippen molar-refractivity contribution in [3.8, 4) is 17.1 Å². The van der Waals surface area contributed by atoms with E-state index >= 15 is 0 Å². The molecule has 0 aliphatic rings. The average Bonchev–Trinajstić information content (AvgIpc) is 3.28. The number of nitrogens with zero attached hydrogens (tertiary/aromatic N) is 5. The van der Waals surface area contributed by atoms with Gasteiger partial charge in [0.25, 0.3) is 11.6 Å². The van der Waals surface area contributed by atoms with Gasteiger partial charge in [-0.25, -0.2) is 5.43 Å². The molecule has 0 atom stereocenters. The molecule has 4 rings (SSSR count). The van der Waals surface area contributed by atoms with E-state index in [1.54, 1.807) is 24.3 Å². The predicted molar refractivity (Wildman–Crippen MR) is 136 cm³/mol. The van der Waals surface area contributed by atoms with Gasteiger partial charge in [0.1, 0.15) is 0 Å². The molecule has 35 heavy (non-hydrogen) atoms. The number of benzene rings is 3. The van der Waals surface area contributed by atoms with Crippen LogP contribution in [-0.4, -0.2) is 37.6 Å². The van der Waals surface area contributed by atoms with Crippen molar-refractivity contribution in [2.75, 3.05) is 5.75 Å². The first kappa shape index (κ1) is 24.4. The quantitative estimate of drug-likeness (QED) is 0.142. The largest absolute Gasteiger partial charge is 0.272 e. The summed E-state index contributed by atoms with van der Waals surface area (Å²) in [6.45, 7) is 0. The van der Waals surface area contributed by atoms with Gasteiger partial charge in [0.05, 0.1) is 16.9 Å². The van der Waals surface area contributed by atoms with Gasteiger partial charge in [0, 0.05) is 33.4 Å². The number of non-ortho nitro benzene ring substituents is 1. The number of nitrogens with one attached hydrogen (secondary N) is 1. The molecule has 9 nitrogen and oxygen atoms in total. The minimum Gasteiger partial charge on any atom is -0.272 e. The number of halogens is 2. The van der Waals surface area contributed by atoms with E-state index in [1.807, 2.05) is 28.8 Å². The number of carbonyl (C=O) groups is 1. The smallest absolute Gasteiger partial charge is 0.269 e. The maximum absolute atomic E-state index is 12.3. The average molecular weight is 527 g/mol. The summed E-state index contributed by atoms with van der Waals surface area (Å²) in [7, 11) is 0. The topological polar surface area (TPSA) is 115 Å². The Bertz CT molecular complexity index is 1370. The van der Waals surface area contributed by atoms with Crippen LogP contribution in [0.2, 0.25) is 10.0 Å². The third-order valence-corrected chi connectivity index (χ3v) is 6.09. The molecule has 1 aromatic heterocycles. The molecule has 0 aliphatic carbocycles. The van der Waals surface area contributed by atoms with E-state index < -0.39 is 4.92 Å². The second kappa shape index (κ2) is 11.1. The van der Waals surface area contributed by atoms with E-state index in [1.165, 1.54) is 42.2 Å². The van der Waals surface area contributed by atoms with Gasteiger partial charge in [-0.3, -0.25) is 19.5 Å². The zero-order valence-corrected chi connectivity index (χ0v) is 20.2. The van der Waals surface area contributed by atoms with E-state index in [-0.39, 0.29) is 17.3 Å². The molecule has 0 spiro atoms. The van der Waals surface area contributed by atoms with Crippen molar-refractivity contribution < 1.29 is 9.72 Å². The SMILES string of the molecule is O=C(CSc1nnc(-c2ccc(Cl)cc2)n1-c1ccc(Cl)cc1)N/N=C/c1ccc([N+](=O)[O-])cc1. The van der Waals surface area contributed by atoms with Crippen LogP contribution in [0.25, 0.3) is 17.1 Å². The van der Waals surface area contributed by atoms with Gasteiger partial charge in [-0.1, -0.05) is 35.0 Å². The zero-order chi connectivity index (χ0) is 24.8. The number of hydrazone groups is 1. The maximum Gasteiger partial charge on any atom is 0.269 e. The molecule has 0 unspecified atom stereocenters. The number of nitro benzene ring substituents is 1. The van der Waals surface area contributed by atoms with Crippen molar-refractivity contribution in [1.82, 2.24) is 20.2 Å². The Kier molecular flexibility index (Phi) is 7.76. The van der Waals surface area contributed by atoms with Crippen molar-refractivity contribution in [2.45, 2.75) is 5.16 Å². The summed E-state index contributed by atoms with van der Waals surface area (Å²) < 4.78 is 1.83. The van der Waals surface area contributed by atoms with Crippen molar-refractivity contribution in [1.29, 1.82) is 0 Å². The van der Waals surface area contributed by atoms with Crippen molar-refractivity contribution >= 4 is 52.8 Å². The lowest BCUT2D eigenvalue weighted by atomic mass is 10.2. The fraction of sp³-hybridized carbons (Fsp3) is 0.0435. The van der Waals surface area contributed by atoms with Crippen molar-refractivity contribution in [3.05, 3.63) is 98.5 Å². The lowest BCUT2D eigenvalue weighted by Crippen LogP contribution is -2.20. The minimum atomic E-state index is -0.485. The number of thioether (sulfide) groups is 1. The van der Waals surface area contributed by atoms with Crippen LogP contribution in [0.4, 0.5) is 5.69 Å². The third-order valence-electron chi connectivity index (χ3n) is 4.66. The summed E-state index contributed by atoms with van der Waals surface area (Å²) in [5.41, 5.74) is 4.61. The predicted octanol–water partition coefficient (Wildman–Crippen LogP) is 5.39. The Hall–Kier alpha value is -3.73. The number of hydrogen-bond acceptors (Lipinski definition) is 7. The van der Waals surface area contributed by atoms with Crippen LogP contribution in [0.5, 0.6) is 0 Å². The number of hydrogen-bond donors (Lipinski definition) is 1. The summed E-state index contributed by atoms with van der Waals surface area (Å²) in [6, 6.07) is 20.2. The van der Waals surface area contributed by atoms with Crippen LogP contribution in [0.15, 0.2) is 83.1 Å². The van der Waals surface area contributed by atoms with Crippen LogP contribution >= 0.6 is 35.0 Å². The summed E-state index contributed by atoms with van der Waals surface area (Å²) in [5.74, 6) is 0.263. The number of amides is 1. The Morgan fingerprint density at radius 3 is 2.26 bits per heavy atom. The molecule has 4 aromatic rings. The fourth-order valence-corrected chi connectivity index (χ4v) is 3.99. The van der Waals surface area contributed by atoms with Gasteiger partial charge < -0.3 is 0 Å². The van der Waals surface area contributed by atoms with Crippen LogP contribution in [0.3, 0.4) is 0 Å². The first-order chi connectivity index (χ1) is 16.9.